The van der Waals surface area contributed by atoms with Crippen LogP contribution in [0.5, 0.6) is 0 Å². The summed E-state index contributed by atoms with van der Waals surface area (Å²) in [6.07, 6.45) is -1.24. The predicted octanol–water partition coefficient (Wildman–Crippen LogP) is 6.62. The number of nitrogens with zero attached hydrogens (tertiary/aromatic N) is 3. The zero-order chi connectivity index (χ0) is 20.6. The lowest BCUT2D eigenvalue weighted by atomic mass is 10.1. The summed E-state index contributed by atoms with van der Waals surface area (Å²) in [5, 5.41) is 4.38. The minimum atomic E-state index is -4.42. The van der Waals surface area contributed by atoms with Gasteiger partial charge in [-0.15, -0.1) is 11.3 Å². The molecule has 0 spiro atoms. The van der Waals surface area contributed by atoms with Crippen molar-refractivity contribution in [3.63, 3.8) is 0 Å². The molecule has 3 aromatic rings. The number of anilines is 2. The first-order valence-electron chi connectivity index (χ1n) is 9.13. The van der Waals surface area contributed by atoms with Gasteiger partial charge in [-0.3, -0.25) is 0 Å². The maximum atomic E-state index is 13.3. The lowest BCUT2D eigenvalue weighted by Crippen LogP contribution is -2.31. The standard InChI is InChI=1S/C19H17Cl2F3N4S/c20-13-5-4-11(8-14(13)21)10-25-16-12-9-15(19(22,23)24)29-17(12)27-18(26-16)28-6-2-1-3-7-28/h4-5,8-9H,1-3,6-7,10H2,(H,25,26,27). The van der Waals surface area contributed by atoms with Gasteiger partial charge in [0, 0.05) is 19.6 Å². The number of hydrogen-bond acceptors (Lipinski definition) is 5. The molecule has 2 aromatic heterocycles. The third-order valence-corrected chi connectivity index (χ3v) is 6.56. The Morgan fingerprint density at radius 1 is 1.03 bits per heavy atom. The fourth-order valence-corrected chi connectivity index (χ4v) is 4.47. The van der Waals surface area contributed by atoms with E-state index in [1.54, 1.807) is 18.2 Å². The second kappa shape index (κ2) is 8.16. The van der Waals surface area contributed by atoms with Gasteiger partial charge in [0.05, 0.1) is 15.4 Å². The van der Waals surface area contributed by atoms with Crippen LogP contribution in [0.2, 0.25) is 10.0 Å². The van der Waals surface area contributed by atoms with E-state index in [-0.39, 0.29) is 0 Å². The molecule has 0 unspecified atom stereocenters. The monoisotopic (exact) mass is 460 g/mol. The molecule has 1 aromatic carbocycles. The van der Waals surface area contributed by atoms with E-state index in [4.69, 9.17) is 23.2 Å². The summed E-state index contributed by atoms with van der Waals surface area (Å²) >= 11 is 12.6. The smallest absolute Gasteiger partial charge is 0.365 e. The number of piperidine rings is 1. The highest BCUT2D eigenvalue weighted by Gasteiger charge is 2.34. The normalized spacial score (nSPS) is 15.1. The van der Waals surface area contributed by atoms with Crippen LogP contribution in [0.4, 0.5) is 24.9 Å². The third-order valence-electron chi connectivity index (χ3n) is 4.74. The maximum absolute atomic E-state index is 13.3. The van der Waals surface area contributed by atoms with Crippen molar-refractivity contribution in [2.75, 3.05) is 23.3 Å². The first-order valence-corrected chi connectivity index (χ1v) is 10.7. The summed E-state index contributed by atoms with van der Waals surface area (Å²) < 4.78 is 39.8. The van der Waals surface area contributed by atoms with Gasteiger partial charge in [0.15, 0.2) is 0 Å². The van der Waals surface area contributed by atoms with Crippen LogP contribution in [-0.4, -0.2) is 23.1 Å². The van der Waals surface area contributed by atoms with Crippen molar-refractivity contribution < 1.29 is 13.2 Å². The average Bonchev–Trinajstić information content (AvgIpc) is 3.14. The van der Waals surface area contributed by atoms with Gasteiger partial charge in [-0.2, -0.15) is 18.2 Å². The van der Waals surface area contributed by atoms with Crippen LogP contribution in [0.1, 0.15) is 29.7 Å². The van der Waals surface area contributed by atoms with Crippen molar-refractivity contribution in [2.24, 2.45) is 0 Å². The van der Waals surface area contributed by atoms with Gasteiger partial charge in [0.25, 0.3) is 0 Å². The molecule has 10 heteroatoms. The van der Waals surface area contributed by atoms with Gasteiger partial charge in [0.1, 0.15) is 15.5 Å². The number of rotatable bonds is 4. The van der Waals surface area contributed by atoms with Gasteiger partial charge in [-0.1, -0.05) is 29.3 Å². The molecule has 1 saturated heterocycles. The number of nitrogens with one attached hydrogen (secondary N) is 1. The topological polar surface area (TPSA) is 41.1 Å². The molecule has 0 saturated carbocycles. The molecule has 1 fully saturated rings. The largest absolute Gasteiger partial charge is 0.425 e. The first-order chi connectivity index (χ1) is 13.8. The quantitative estimate of drug-likeness (QED) is 0.474. The van der Waals surface area contributed by atoms with E-state index >= 15 is 0 Å². The van der Waals surface area contributed by atoms with Crippen LogP contribution in [-0.2, 0) is 12.7 Å². The van der Waals surface area contributed by atoms with Crippen LogP contribution in [0.3, 0.4) is 0 Å². The zero-order valence-corrected chi connectivity index (χ0v) is 17.5. The van der Waals surface area contributed by atoms with Crippen LogP contribution in [0, 0.1) is 0 Å². The highest BCUT2D eigenvalue weighted by molar-refractivity contribution is 7.18. The third kappa shape index (κ3) is 4.54. The molecule has 0 amide bonds. The fourth-order valence-electron chi connectivity index (χ4n) is 3.26. The van der Waals surface area contributed by atoms with E-state index in [2.05, 4.69) is 15.3 Å². The van der Waals surface area contributed by atoms with E-state index in [1.807, 2.05) is 4.90 Å². The summed E-state index contributed by atoms with van der Waals surface area (Å²) in [5.41, 5.74) is 0.844. The Kier molecular flexibility index (Phi) is 5.77. The highest BCUT2D eigenvalue weighted by Crippen LogP contribution is 2.40. The number of benzene rings is 1. The molecule has 0 aliphatic carbocycles. The summed E-state index contributed by atoms with van der Waals surface area (Å²) in [6.45, 7) is 1.95. The summed E-state index contributed by atoms with van der Waals surface area (Å²) in [6, 6.07) is 6.31. The van der Waals surface area contributed by atoms with Gasteiger partial charge in [0.2, 0.25) is 5.95 Å². The molecule has 0 radical (unpaired) electrons. The van der Waals surface area contributed by atoms with Crippen molar-refractivity contribution in [3.8, 4) is 0 Å². The van der Waals surface area contributed by atoms with Gasteiger partial charge in [-0.05, 0) is 43.0 Å². The molecule has 1 aliphatic rings. The second-order valence-electron chi connectivity index (χ2n) is 6.85. The molecule has 154 valence electrons. The summed E-state index contributed by atoms with van der Waals surface area (Å²) in [4.78, 5) is 10.7. The molecule has 29 heavy (non-hydrogen) atoms. The fraction of sp³-hybridized carbons (Fsp3) is 0.368. The number of fused-ring (bicyclic) bond motifs is 1. The predicted molar refractivity (Wildman–Crippen MR) is 112 cm³/mol. The maximum Gasteiger partial charge on any atom is 0.425 e. The molecular formula is C19H17Cl2F3N4S. The SMILES string of the molecule is FC(F)(F)c1cc2c(NCc3ccc(Cl)c(Cl)c3)nc(N3CCCCC3)nc2s1. The highest BCUT2D eigenvalue weighted by atomic mass is 35.5. The molecule has 1 aliphatic heterocycles. The molecule has 3 heterocycles. The Labute approximate surface area is 179 Å². The average molecular weight is 461 g/mol. The Morgan fingerprint density at radius 2 is 1.79 bits per heavy atom. The van der Waals surface area contributed by atoms with Crippen molar-refractivity contribution in [2.45, 2.75) is 32.0 Å². The number of hydrogen-bond donors (Lipinski definition) is 1. The number of alkyl halides is 3. The van der Waals surface area contributed by atoms with Gasteiger partial charge >= 0.3 is 6.18 Å². The van der Waals surface area contributed by atoms with Crippen LogP contribution in [0.25, 0.3) is 10.2 Å². The van der Waals surface area contributed by atoms with E-state index in [0.717, 1.165) is 44.0 Å². The molecule has 4 rings (SSSR count). The van der Waals surface area contributed by atoms with E-state index in [1.165, 1.54) is 0 Å². The van der Waals surface area contributed by atoms with Gasteiger partial charge in [-0.25, -0.2) is 4.98 Å². The molecule has 4 nitrogen and oxygen atoms in total. The zero-order valence-electron chi connectivity index (χ0n) is 15.2. The van der Waals surface area contributed by atoms with Gasteiger partial charge < -0.3 is 10.2 Å². The van der Waals surface area contributed by atoms with E-state index in [0.29, 0.717) is 49.9 Å². The second-order valence-corrected chi connectivity index (χ2v) is 8.69. The summed E-state index contributed by atoms with van der Waals surface area (Å²) in [7, 11) is 0. The van der Waals surface area contributed by atoms with Crippen molar-refractivity contribution >= 4 is 56.5 Å². The lowest BCUT2D eigenvalue weighted by molar-refractivity contribution is -0.134. The Hall–Kier alpha value is -1.77. The van der Waals surface area contributed by atoms with E-state index in [9.17, 15) is 13.2 Å². The van der Waals surface area contributed by atoms with Crippen molar-refractivity contribution in [1.82, 2.24) is 9.97 Å². The Morgan fingerprint density at radius 3 is 2.48 bits per heavy atom. The van der Waals surface area contributed by atoms with Crippen LogP contribution < -0.4 is 10.2 Å². The van der Waals surface area contributed by atoms with Crippen LogP contribution in [0.15, 0.2) is 24.3 Å². The lowest BCUT2D eigenvalue weighted by Gasteiger charge is -2.27. The number of halogens is 5. The molecule has 1 N–H and O–H groups in total. The molecule has 0 bridgehead atoms. The Balaban J connectivity index is 1.70. The Bertz CT molecular complexity index is 1030. The summed E-state index contributed by atoms with van der Waals surface area (Å²) in [5.74, 6) is 0.845. The minimum absolute atomic E-state index is 0.324. The molecular weight excluding hydrogens is 444 g/mol. The van der Waals surface area contributed by atoms with Crippen molar-refractivity contribution in [3.05, 3.63) is 44.8 Å². The number of aromatic nitrogens is 2. The first kappa shape index (κ1) is 20.5. The number of thiophene rings is 1. The van der Waals surface area contributed by atoms with Crippen molar-refractivity contribution in [1.29, 1.82) is 0 Å². The molecule has 0 atom stereocenters. The minimum Gasteiger partial charge on any atom is -0.365 e. The van der Waals surface area contributed by atoms with Crippen LogP contribution >= 0.6 is 34.5 Å². The van der Waals surface area contributed by atoms with E-state index < -0.39 is 11.1 Å².